The maximum Gasteiger partial charge on any atom is 0.271 e. The standard InChI is InChI=1S/C21H25N3O5S/c1-30-11-9-17(23-19(25)15-4-2-3-5-16(15)20(23)26)21(27)22-10-8-13-6-7-14(24(28)29)12-18(13)22/h6-7,12,15-17H,2-5,8-11H2,1H3. The molecule has 2 heterocycles. The highest BCUT2D eigenvalue weighted by Gasteiger charge is 2.52. The number of hydrogen-bond acceptors (Lipinski definition) is 6. The number of rotatable bonds is 6. The summed E-state index contributed by atoms with van der Waals surface area (Å²) in [5.41, 5.74) is 1.30. The van der Waals surface area contributed by atoms with Crippen LogP contribution in [0.4, 0.5) is 11.4 Å². The van der Waals surface area contributed by atoms with Crippen LogP contribution in [0.25, 0.3) is 0 Å². The van der Waals surface area contributed by atoms with Gasteiger partial charge in [0.25, 0.3) is 5.69 Å². The third kappa shape index (κ3) is 3.49. The van der Waals surface area contributed by atoms with Crippen LogP contribution in [0.3, 0.4) is 0 Å². The molecule has 2 aliphatic heterocycles. The number of thioether (sulfide) groups is 1. The molecular formula is C21H25N3O5S. The van der Waals surface area contributed by atoms with E-state index in [2.05, 4.69) is 0 Å². The van der Waals surface area contributed by atoms with E-state index in [0.717, 1.165) is 18.4 Å². The Balaban J connectivity index is 1.65. The van der Waals surface area contributed by atoms with E-state index in [9.17, 15) is 24.5 Å². The molecule has 9 heteroatoms. The Morgan fingerprint density at radius 1 is 1.23 bits per heavy atom. The number of non-ortho nitro benzene ring substituents is 1. The Morgan fingerprint density at radius 2 is 1.90 bits per heavy atom. The van der Waals surface area contributed by atoms with Gasteiger partial charge in [0.2, 0.25) is 17.7 Å². The molecule has 30 heavy (non-hydrogen) atoms. The normalized spacial score (nSPS) is 24.0. The van der Waals surface area contributed by atoms with Crippen LogP contribution in [0.2, 0.25) is 0 Å². The maximum atomic E-state index is 13.6. The second-order valence-corrected chi connectivity index (χ2v) is 9.14. The minimum Gasteiger partial charge on any atom is -0.310 e. The Bertz CT molecular complexity index is 881. The van der Waals surface area contributed by atoms with Gasteiger partial charge in [-0.3, -0.25) is 29.4 Å². The van der Waals surface area contributed by atoms with Crippen molar-refractivity contribution in [2.75, 3.05) is 23.5 Å². The fourth-order valence-electron chi connectivity index (χ4n) is 4.98. The molecule has 4 rings (SSSR count). The molecule has 1 aromatic carbocycles. The first kappa shape index (κ1) is 20.8. The molecule has 3 amide bonds. The number of anilines is 1. The van der Waals surface area contributed by atoms with Crippen molar-refractivity contribution >= 4 is 40.9 Å². The van der Waals surface area contributed by atoms with Gasteiger partial charge in [-0.15, -0.1) is 0 Å². The minimum absolute atomic E-state index is 0.0755. The highest BCUT2D eigenvalue weighted by atomic mass is 32.2. The van der Waals surface area contributed by atoms with Crippen molar-refractivity contribution in [3.8, 4) is 0 Å². The summed E-state index contributed by atoms with van der Waals surface area (Å²) < 4.78 is 0. The van der Waals surface area contributed by atoms with Crippen molar-refractivity contribution < 1.29 is 19.3 Å². The lowest BCUT2D eigenvalue weighted by molar-refractivity contribution is -0.384. The lowest BCUT2D eigenvalue weighted by Gasteiger charge is -2.30. The van der Waals surface area contributed by atoms with Crippen molar-refractivity contribution in [1.82, 2.24) is 4.90 Å². The molecular weight excluding hydrogens is 406 g/mol. The van der Waals surface area contributed by atoms with Gasteiger partial charge in [-0.05, 0) is 43.3 Å². The summed E-state index contributed by atoms with van der Waals surface area (Å²) in [6.45, 7) is 0.397. The summed E-state index contributed by atoms with van der Waals surface area (Å²) in [6.07, 6.45) is 6.17. The molecule has 1 aromatic rings. The van der Waals surface area contributed by atoms with Crippen LogP contribution in [0.15, 0.2) is 18.2 Å². The Labute approximate surface area is 179 Å². The molecule has 160 valence electrons. The minimum atomic E-state index is -0.853. The van der Waals surface area contributed by atoms with Gasteiger partial charge in [0.1, 0.15) is 6.04 Å². The van der Waals surface area contributed by atoms with Gasteiger partial charge in [0.05, 0.1) is 22.4 Å². The average Bonchev–Trinajstić information content (AvgIpc) is 3.28. The van der Waals surface area contributed by atoms with Gasteiger partial charge in [0.15, 0.2) is 0 Å². The molecule has 0 aromatic heterocycles. The molecule has 3 unspecified atom stereocenters. The largest absolute Gasteiger partial charge is 0.310 e. The van der Waals surface area contributed by atoms with Crippen LogP contribution in [0, 0.1) is 22.0 Å². The van der Waals surface area contributed by atoms with E-state index in [-0.39, 0.29) is 35.2 Å². The molecule has 0 spiro atoms. The number of carbonyl (C=O) groups is 3. The summed E-state index contributed by atoms with van der Waals surface area (Å²) in [7, 11) is 0. The number of likely N-dealkylation sites (tertiary alicyclic amines) is 1. The molecule has 8 nitrogen and oxygen atoms in total. The Hall–Kier alpha value is -2.42. The quantitative estimate of drug-likeness (QED) is 0.390. The monoisotopic (exact) mass is 431 g/mol. The first-order chi connectivity index (χ1) is 14.4. The number of hydrogen-bond donors (Lipinski definition) is 0. The van der Waals surface area contributed by atoms with Gasteiger partial charge in [-0.1, -0.05) is 18.9 Å². The van der Waals surface area contributed by atoms with Gasteiger partial charge in [-0.2, -0.15) is 11.8 Å². The third-order valence-electron chi connectivity index (χ3n) is 6.51. The van der Waals surface area contributed by atoms with Crippen LogP contribution in [0.5, 0.6) is 0 Å². The molecule has 1 saturated carbocycles. The van der Waals surface area contributed by atoms with Crippen LogP contribution in [0.1, 0.15) is 37.7 Å². The fourth-order valence-corrected chi connectivity index (χ4v) is 5.44. The number of nitro benzene ring substituents is 1. The highest BCUT2D eigenvalue weighted by molar-refractivity contribution is 7.98. The van der Waals surface area contributed by atoms with E-state index in [1.54, 1.807) is 17.8 Å². The van der Waals surface area contributed by atoms with Crippen molar-refractivity contribution in [3.05, 3.63) is 33.9 Å². The predicted molar refractivity (Wildman–Crippen MR) is 113 cm³/mol. The van der Waals surface area contributed by atoms with Crippen molar-refractivity contribution in [2.45, 2.75) is 44.6 Å². The zero-order valence-corrected chi connectivity index (χ0v) is 17.7. The number of carbonyl (C=O) groups excluding carboxylic acids is 3. The van der Waals surface area contributed by atoms with Crippen LogP contribution in [-0.2, 0) is 20.8 Å². The van der Waals surface area contributed by atoms with E-state index >= 15 is 0 Å². The predicted octanol–water partition coefficient (Wildman–Crippen LogP) is 2.78. The summed E-state index contributed by atoms with van der Waals surface area (Å²) in [5, 5.41) is 11.2. The second-order valence-electron chi connectivity index (χ2n) is 8.15. The highest BCUT2D eigenvalue weighted by Crippen LogP contribution is 2.40. The topological polar surface area (TPSA) is 101 Å². The number of imide groups is 1. The van der Waals surface area contributed by atoms with Crippen LogP contribution in [-0.4, -0.2) is 52.1 Å². The molecule has 2 fully saturated rings. The van der Waals surface area contributed by atoms with E-state index < -0.39 is 11.0 Å². The maximum absolute atomic E-state index is 13.6. The summed E-state index contributed by atoms with van der Waals surface area (Å²) in [5.74, 6) is -0.724. The zero-order valence-electron chi connectivity index (χ0n) is 16.9. The van der Waals surface area contributed by atoms with E-state index in [4.69, 9.17) is 0 Å². The summed E-state index contributed by atoms with van der Waals surface area (Å²) in [4.78, 5) is 53.2. The number of nitro groups is 1. The van der Waals surface area contributed by atoms with Crippen LogP contribution >= 0.6 is 11.8 Å². The molecule has 0 radical (unpaired) electrons. The zero-order chi connectivity index (χ0) is 21.4. The van der Waals surface area contributed by atoms with Crippen molar-refractivity contribution in [1.29, 1.82) is 0 Å². The SMILES string of the molecule is CSCCC(C(=O)N1CCc2ccc([N+](=O)[O-])cc21)N1C(=O)C2CCCCC2C1=O. The van der Waals surface area contributed by atoms with E-state index in [0.29, 0.717) is 43.7 Å². The first-order valence-corrected chi connectivity index (χ1v) is 11.8. The van der Waals surface area contributed by atoms with Gasteiger partial charge in [0, 0.05) is 18.7 Å². The van der Waals surface area contributed by atoms with Crippen LogP contribution < -0.4 is 4.90 Å². The smallest absolute Gasteiger partial charge is 0.271 e. The Kier molecular flexibility index (Phi) is 5.81. The lowest BCUT2D eigenvalue weighted by atomic mass is 9.81. The average molecular weight is 432 g/mol. The molecule has 3 atom stereocenters. The van der Waals surface area contributed by atoms with E-state index in [1.165, 1.54) is 21.9 Å². The molecule has 0 bridgehead atoms. The number of amides is 3. The third-order valence-corrected chi connectivity index (χ3v) is 7.15. The van der Waals surface area contributed by atoms with E-state index in [1.807, 2.05) is 6.26 Å². The first-order valence-electron chi connectivity index (χ1n) is 10.4. The molecule has 1 saturated heterocycles. The molecule has 0 N–H and O–H groups in total. The van der Waals surface area contributed by atoms with Crippen molar-refractivity contribution in [3.63, 3.8) is 0 Å². The molecule has 1 aliphatic carbocycles. The van der Waals surface area contributed by atoms with Gasteiger partial charge >= 0.3 is 0 Å². The second kappa shape index (κ2) is 8.37. The summed E-state index contributed by atoms with van der Waals surface area (Å²) in [6, 6.07) is 3.68. The van der Waals surface area contributed by atoms with Gasteiger partial charge in [-0.25, -0.2) is 0 Å². The number of benzene rings is 1. The number of fused-ring (bicyclic) bond motifs is 2. The fraction of sp³-hybridized carbons (Fsp3) is 0.571. The number of nitrogens with zero attached hydrogens (tertiary/aromatic N) is 3. The summed E-state index contributed by atoms with van der Waals surface area (Å²) >= 11 is 1.56. The van der Waals surface area contributed by atoms with Gasteiger partial charge < -0.3 is 4.90 Å². The molecule has 3 aliphatic rings. The van der Waals surface area contributed by atoms with Crippen molar-refractivity contribution in [2.24, 2.45) is 11.8 Å². The Morgan fingerprint density at radius 3 is 2.50 bits per heavy atom. The lowest BCUT2D eigenvalue weighted by Crippen LogP contribution is -2.51.